The quantitative estimate of drug-likeness (QED) is 0.508. The standard InChI is InChI=1S/C26H29N5OS/c32-23(28-19-10-3-1-4-11-19)18-31-25(24(29-26(31)33)21-14-7-8-16-27-21)22-15-9-17-30(22)20-12-5-2-6-13-20/h1,3-4,7-11,14-17,20,24-25H,2,5-6,12-13,18H2,(H,28,32)(H,29,33)/t24-,25+/m1/s1. The Morgan fingerprint density at radius 1 is 1.03 bits per heavy atom. The van der Waals surface area contributed by atoms with E-state index in [2.05, 4.69) is 38.5 Å². The average Bonchev–Trinajstić information content (AvgIpc) is 3.45. The van der Waals surface area contributed by atoms with Gasteiger partial charge in [0.25, 0.3) is 0 Å². The van der Waals surface area contributed by atoms with Crippen LogP contribution in [0.4, 0.5) is 5.69 Å². The lowest BCUT2D eigenvalue weighted by Gasteiger charge is -2.32. The summed E-state index contributed by atoms with van der Waals surface area (Å²) < 4.78 is 2.41. The summed E-state index contributed by atoms with van der Waals surface area (Å²) in [4.78, 5) is 19.6. The largest absolute Gasteiger partial charge is 0.352 e. The van der Waals surface area contributed by atoms with Crippen molar-refractivity contribution >= 4 is 28.9 Å². The van der Waals surface area contributed by atoms with Crippen LogP contribution in [0.25, 0.3) is 0 Å². The van der Waals surface area contributed by atoms with Crippen LogP contribution < -0.4 is 10.6 Å². The molecule has 2 atom stereocenters. The Kier molecular flexibility index (Phi) is 6.39. The Hall–Kier alpha value is -3.19. The molecule has 1 aliphatic heterocycles. The molecule has 1 aliphatic carbocycles. The van der Waals surface area contributed by atoms with Gasteiger partial charge >= 0.3 is 0 Å². The van der Waals surface area contributed by atoms with Crippen molar-refractivity contribution in [2.24, 2.45) is 0 Å². The molecule has 0 unspecified atom stereocenters. The first-order valence-corrected chi connectivity index (χ1v) is 12.1. The second-order valence-electron chi connectivity index (χ2n) is 8.80. The smallest absolute Gasteiger partial charge is 0.244 e. The maximum atomic E-state index is 13.0. The third-order valence-corrected chi connectivity index (χ3v) is 7.00. The van der Waals surface area contributed by atoms with E-state index < -0.39 is 0 Å². The number of carbonyl (C=O) groups is 1. The number of hydrogen-bond acceptors (Lipinski definition) is 3. The van der Waals surface area contributed by atoms with Crippen LogP contribution in [0, 0.1) is 0 Å². The molecule has 1 amide bonds. The average molecular weight is 460 g/mol. The molecule has 33 heavy (non-hydrogen) atoms. The predicted molar refractivity (Wildman–Crippen MR) is 134 cm³/mol. The molecule has 2 N–H and O–H groups in total. The second kappa shape index (κ2) is 9.75. The summed E-state index contributed by atoms with van der Waals surface area (Å²) in [5.74, 6) is -0.0900. The van der Waals surface area contributed by atoms with Crippen molar-refractivity contribution < 1.29 is 4.79 Å². The Bertz CT molecular complexity index is 1090. The van der Waals surface area contributed by atoms with E-state index in [9.17, 15) is 4.79 Å². The molecule has 5 rings (SSSR count). The number of amides is 1. The SMILES string of the molecule is O=C(CN1C(=S)N[C@H](c2ccccn2)[C@@H]1c1cccn1C1CCCCC1)Nc1ccccc1. The van der Waals surface area contributed by atoms with Gasteiger partial charge in [-0.3, -0.25) is 9.78 Å². The van der Waals surface area contributed by atoms with E-state index in [1.54, 1.807) is 0 Å². The third-order valence-electron chi connectivity index (χ3n) is 6.65. The van der Waals surface area contributed by atoms with E-state index in [-0.39, 0.29) is 24.5 Å². The zero-order valence-corrected chi connectivity index (χ0v) is 19.4. The van der Waals surface area contributed by atoms with Gasteiger partial charge in [0.15, 0.2) is 5.11 Å². The number of rotatable bonds is 6. The molecule has 2 aromatic heterocycles. The number of thiocarbonyl (C=S) groups is 1. The van der Waals surface area contributed by atoms with Crippen LogP contribution in [0.3, 0.4) is 0 Å². The van der Waals surface area contributed by atoms with Crippen molar-refractivity contribution in [3.8, 4) is 0 Å². The van der Waals surface area contributed by atoms with Crippen LogP contribution in [-0.2, 0) is 4.79 Å². The van der Waals surface area contributed by atoms with Crippen molar-refractivity contribution in [2.45, 2.75) is 50.2 Å². The molecule has 3 aromatic rings. The summed E-state index contributed by atoms with van der Waals surface area (Å²) in [5, 5.41) is 7.04. The maximum Gasteiger partial charge on any atom is 0.244 e. The Morgan fingerprint density at radius 2 is 1.82 bits per heavy atom. The maximum absolute atomic E-state index is 13.0. The van der Waals surface area contributed by atoms with Crippen LogP contribution >= 0.6 is 12.2 Å². The van der Waals surface area contributed by atoms with E-state index in [0.29, 0.717) is 11.2 Å². The molecule has 3 heterocycles. The second-order valence-corrected chi connectivity index (χ2v) is 9.19. The van der Waals surface area contributed by atoms with Gasteiger partial charge in [-0.15, -0.1) is 0 Å². The Morgan fingerprint density at radius 3 is 2.58 bits per heavy atom. The zero-order valence-electron chi connectivity index (χ0n) is 18.6. The minimum absolute atomic E-state index is 0.0900. The minimum Gasteiger partial charge on any atom is -0.352 e. The highest BCUT2D eigenvalue weighted by Crippen LogP contribution is 2.41. The summed E-state index contributed by atoms with van der Waals surface area (Å²) >= 11 is 5.75. The van der Waals surface area contributed by atoms with Crippen molar-refractivity contribution in [1.82, 2.24) is 19.8 Å². The summed E-state index contributed by atoms with van der Waals surface area (Å²) in [6.07, 6.45) is 10.2. The summed E-state index contributed by atoms with van der Waals surface area (Å²) in [6, 6.07) is 20.0. The number of pyridine rings is 1. The Labute approximate surface area is 200 Å². The summed E-state index contributed by atoms with van der Waals surface area (Å²) in [5.41, 5.74) is 2.88. The molecule has 170 valence electrons. The summed E-state index contributed by atoms with van der Waals surface area (Å²) in [6.45, 7) is 0.171. The number of carbonyl (C=O) groups excluding carboxylic acids is 1. The fraction of sp³-hybridized carbons (Fsp3) is 0.346. The van der Waals surface area contributed by atoms with Crippen molar-refractivity contribution in [3.63, 3.8) is 0 Å². The lowest BCUT2D eigenvalue weighted by atomic mass is 9.94. The van der Waals surface area contributed by atoms with Crippen LogP contribution in [0.15, 0.2) is 73.1 Å². The number of para-hydroxylation sites is 1. The van der Waals surface area contributed by atoms with Crippen LogP contribution in [0.1, 0.15) is 61.6 Å². The lowest BCUT2D eigenvalue weighted by Crippen LogP contribution is -2.37. The highest BCUT2D eigenvalue weighted by Gasteiger charge is 2.42. The van der Waals surface area contributed by atoms with Crippen molar-refractivity contribution in [1.29, 1.82) is 0 Å². The first kappa shape index (κ1) is 21.6. The van der Waals surface area contributed by atoms with E-state index >= 15 is 0 Å². The van der Waals surface area contributed by atoms with Gasteiger partial charge in [0.05, 0.1) is 17.8 Å². The molecule has 2 fully saturated rings. The van der Waals surface area contributed by atoms with E-state index in [4.69, 9.17) is 12.2 Å². The normalized spacial score (nSPS) is 21.1. The predicted octanol–water partition coefficient (Wildman–Crippen LogP) is 5.00. The lowest BCUT2D eigenvalue weighted by molar-refractivity contribution is -0.116. The third kappa shape index (κ3) is 4.64. The minimum atomic E-state index is -0.125. The van der Waals surface area contributed by atoms with Gasteiger partial charge in [0.1, 0.15) is 6.54 Å². The highest BCUT2D eigenvalue weighted by atomic mass is 32.1. The van der Waals surface area contributed by atoms with Gasteiger partial charge in [-0.1, -0.05) is 43.5 Å². The summed E-state index contributed by atoms with van der Waals surface area (Å²) in [7, 11) is 0. The number of anilines is 1. The van der Waals surface area contributed by atoms with Gasteiger partial charge in [-0.25, -0.2) is 0 Å². The van der Waals surface area contributed by atoms with E-state index in [1.165, 1.54) is 37.8 Å². The fourth-order valence-corrected chi connectivity index (χ4v) is 5.43. The van der Waals surface area contributed by atoms with Gasteiger partial charge in [-0.05, 0) is 61.5 Å². The molecular formula is C26H29N5OS. The molecular weight excluding hydrogens is 430 g/mol. The topological polar surface area (TPSA) is 62.2 Å². The number of aromatic nitrogens is 2. The van der Waals surface area contributed by atoms with Crippen molar-refractivity contribution in [2.75, 3.05) is 11.9 Å². The molecule has 0 spiro atoms. The van der Waals surface area contributed by atoms with Gasteiger partial charge in [-0.2, -0.15) is 0 Å². The Balaban J connectivity index is 1.46. The molecule has 1 aromatic carbocycles. The number of nitrogens with one attached hydrogen (secondary N) is 2. The fourth-order valence-electron chi connectivity index (χ4n) is 5.12. The van der Waals surface area contributed by atoms with Gasteiger partial charge in [0.2, 0.25) is 5.91 Å². The first-order valence-electron chi connectivity index (χ1n) is 11.7. The molecule has 7 heteroatoms. The monoisotopic (exact) mass is 459 g/mol. The van der Waals surface area contributed by atoms with E-state index in [1.807, 2.05) is 59.6 Å². The molecule has 1 saturated heterocycles. The molecule has 2 aliphatic rings. The van der Waals surface area contributed by atoms with Gasteiger partial charge < -0.3 is 20.1 Å². The number of nitrogens with zero attached hydrogens (tertiary/aromatic N) is 3. The molecule has 1 saturated carbocycles. The van der Waals surface area contributed by atoms with Crippen LogP contribution in [0.5, 0.6) is 0 Å². The van der Waals surface area contributed by atoms with Crippen LogP contribution in [0.2, 0.25) is 0 Å². The molecule has 0 bridgehead atoms. The van der Waals surface area contributed by atoms with Crippen LogP contribution in [-0.4, -0.2) is 32.0 Å². The van der Waals surface area contributed by atoms with E-state index in [0.717, 1.165) is 11.4 Å². The first-order chi connectivity index (χ1) is 16.2. The molecule has 6 nitrogen and oxygen atoms in total. The number of benzene rings is 1. The van der Waals surface area contributed by atoms with Gasteiger partial charge in [0, 0.05) is 29.8 Å². The molecule has 0 radical (unpaired) electrons. The highest BCUT2D eigenvalue weighted by molar-refractivity contribution is 7.80. The zero-order chi connectivity index (χ0) is 22.6. The number of hydrogen-bond donors (Lipinski definition) is 2. The van der Waals surface area contributed by atoms with Crippen molar-refractivity contribution in [3.05, 3.63) is 84.4 Å².